The fraction of sp³-hybridized carbons (Fsp3) is 0.444. The van der Waals surface area contributed by atoms with E-state index in [1.807, 2.05) is 0 Å². The van der Waals surface area contributed by atoms with E-state index in [0.717, 1.165) is 6.42 Å². The van der Waals surface area contributed by atoms with Gasteiger partial charge >= 0.3 is 6.01 Å². The Morgan fingerprint density at radius 3 is 2.63 bits per heavy atom. The van der Waals surface area contributed by atoms with Gasteiger partial charge in [0.25, 0.3) is 0 Å². The molecule has 2 heterocycles. The molecule has 7 nitrogen and oxygen atoms in total. The van der Waals surface area contributed by atoms with Gasteiger partial charge in [0.15, 0.2) is 0 Å². The number of rotatable bonds is 6. The SMILES string of the molecule is COc1cc(C)c(S(=O)(=O)N2CCCC2COc2nccc(Cl)n2)c(C)c1. The Morgan fingerprint density at radius 2 is 2.00 bits per heavy atom. The summed E-state index contributed by atoms with van der Waals surface area (Å²) in [6.45, 7) is 4.19. The number of aromatic nitrogens is 2. The molecule has 1 aromatic carbocycles. The van der Waals surface area contributed by atoms with Gasteiger partial charge < -0.3 is 9.47 Å². The molecule has 1 atom stereocenters. The van der Waals surface area contributed by atoms with Gasteiger partial charge in [-0.05, 0) is 56.0 Å². The van der Waals surface area contributed by atoms with Crippen LogP contribution in [-0.4, -0.2) is 49.0 Å². The second-order valence-corrected chi connectivity index (χ2v) is 8.69. The van der Waals surface area contributed by atoms with E-state index in [9.17, 15) is 8.42 Å². The molecule has 0 spiro atoms. The molecule has 1 fully saturated rings. The molecule has 0 saturated carbocycles. The number of methoxy groups -OCH3 is 1. The number of hydrogen-bond acceptors (Lipinski definition) is 6. The van der Waals surface area contributed by atoms with Gasteiger partial charge in [-0.25, -0.2) is 13.4 Å². The highest BCUT2D eigenvalue weighted by molar-refractivity contribution is 7.89. The predicted octanol–water partition coefficient (Wildman–Crippen LogP) is 2.99. The number of nitrogens with zero attached hydrogens (tertiary/aromatic N) is 3. The molecular weight excluding hydrogens is 390 g/mol. The van der Waals surface area contributed by atoms with Gasteiger partial charge in [0.2, 0.25) is 10.0 Å². The van der Waals surface area contributed by atoms with Crippen molar-refractivity contribution in [3.05, 3.63) is 40.7 Å². The summed E-state index contributed by atoms with van der Waals surface area (Å²) in [5, 5.41) is 0.278. The first-order valence-corrected chi connectivity index (χ1v) is 10.4. The van der Waals surface area contributed by atoms with Crippen LogP contribution in [0.25, 0.3) is 0 Å². The second kappa shape index (κ2) is 8.00. The fourth-order valence-electron chi connectivity index (χ4n) is 3.41. The minimum Gasteiger partial charge on any atom is -0.497 e. The molecular formula is C18H22ClN3O4S. The Bertz CT molecular complexity index is 913. The quantitative estimate of drug-likeness (QED) is 0.679. The van der Waals surface area contributed by atoms with Crippen molar-refractivity contribution >= 4 is 21.6 Å². The van der Waals surface area contributed by atoms with Crippen molar-refractivity contribution in [2.24, 2.45) is 0 Å². The van der Waals surface area contributed by atoms with Gasteiger partial charge in [-0.2, -0.15) is 9.29 Å². The molecule has 1 saturated heterocycles. The van der Waals surface area contributed by atoms with Gasteiger partial charge in [-0.1, -0.05) is 11.6 Å². The summed E-state index contributed by atoms with van der Waals surface area (Å²) >= 11 is 5.83. The van der Waals surface area contributed by atoms with Crippen molar-refractivity contribution in [1.29, 1.82) is 0 Å². The van der Waals surface area contributed by atoms with Crippen molar-refractivity contribution in [3.63, 3.8) is 0 Å². The molecule has 1 aliphatic rings. The highest BCUT2D eigenvalue weighted by atomic mass is 35.5. The number of sulfonamides is 1. The highest BCUT2D eigenvalue weighted by Gasteiger charge is 2.37. The molecule has 1 unspecified atom stereocenters. The smallest absolute Gasteiger partial charge is 0.317 e. The van der Waals surface area contributed by atoms with E-state index in [0.29, 0.717) is 34.7 Å². The summed E-state index contributed by atoms with van der Waals surface area (Å²) in [6.07, 6.45) is 2.99. The van der Waals surface area contributed by atoms with Crippen molar-refractivity contribution in [1.82, 2.24) is 14.3 Å². The minimum atomic E-state index is -3.66. The van der Waals surface area contributed by atoms with Crippen LogP contribution in [0.3, 0.4) is 0 Å². The zero-order valence-corrected chi connectivity index (χ0v) is 17.0. The monoisotopic (exact) mass is 411 g/mol. The lowest BCUT2D eigenvalue weighted by atomic mass is 10.1. The maximum atomic E-state index is 13.3. The molecule has 2 aromatic rings. The van der Waals surface area contributed by atoms with Gasteiger partial charge in [0, 0.05) is 12.7 Å². The third-order valence-electron chi connectivity index (χ3n) is 4.56. The Hall–Kier alpha value is -1.90. The molecule has 0 N–H and O–H groups in total. The summed E-state index contributed by atoms with van der Waals surface area (Å²) in [5.41, 5.74) is 1.33. The molecule has 27 heavy (non-hydrogen) atoms. The molecule has 0 radical (unpaired) electrons. The third-order valence-corrected chi connectivity index (χ3v) is 7.03. The Morgan fingerprint density at radius 1 is 1.30 bits per heavy atom. The van der Waals surface area contributed by atoms with E-state index >= 15 is 0 Å². The predicted molar refractivity (Wildman–Crippen MR) is 102 cm³/mol. The van der Waals surface area contributed by atoms with Crippen LogP contribution in [0.2, 0.25) is 5.15 Å². The normalized spacial score (nSPS) is 17.9. The van der Waals surface area contributed by atoms with Gasteiger partial charge in [-0.3, -0.25) is 0 Å². The van der Waals surface area contributed by atoms with E-state index in [2.05, 4.69) is 9.97 Å². The van der Waals surface area contributed by atoms with Gasteiger partial charge in [0.05, 0.1) is 18.0 Å². The lowest BCUT2D eigenvalue weighted by Crippen LogP contribution is -2.39. The van der Waals surface area contributed by atoms with Crippen molar-refractivity contribution in [2.75, 3.05) is 20.3 Å². The van der Waals surface area contributed by atoms with Crippen molar-refractivity contribution < 1.29 is 17.9 Å². The number of hydrogen-bond donors (Lipinski definition) is 0. The van der Waals surface area contributed by atoms with Gasteiger partial charge in [0.1, 0.15) is 17.5 Å². The lowest BCUT2D eigenvalue weighted by molar-refractivity contribution is 0.218. The summed E-state index contributed by atoms with van der Waals surface area (Å²) in [4.78, 5) is 8.30. The molecule has 146 valence electrons. The van der Waals surface area contributed by atoms with Crippen LogP contribution < -0.4 is 9.47 Å². The van der Waals surface area contributed by atoms with Crippen LogP contribution in [0.5, 0.6) is 11.8 Å². The first-order valence-electron chi connectivity index (χ1n) is 8.61. The number of ether oxygens (including phenoxy) is 2. The number of halogens is 1. The van der Waals surface area contributed by atoms with Crippen LogP contribution in [-0.2, 0) is 10.0 Å². The largest absolute Gasteiger partial charge is 0.497 e. The molecule has 0 bridgehead atoms. The third kappa shape index (κ3) is 4.17. The Kier molecular flexibility index (Phi) is 5.88. The van der Waals surface area contributed by atoms with Crippen LogP contribution in [0, 0.1) is 13.8 Å². The highest BCUT2D eigenvalue weighted by Crippen LogP contribution is 2.32. The Labute approximate surface area is 164 Å². The van der Waals surface area contributed by atoms with E-state index < -0.39 is 10.0 Å². The number of benzene rings is 1. The van der Waals surface area contributed by atoms with Gasteiger partial charge in [-0.15, -0.1) is 0 Å². The summed E-state index contributed by atoms with van der Waals surface area (Å²) in [7, 11) is -2.09. The molecule has 1 aliphatic heterocycles. The zero-order chi connectivity index (χ0) is 19.6. The summed E-state index contributed by atoms with van der Waals surface area (Å²) in [6, 6.07) is 4.89. The van der Waals surface area contributed by atoms with E-state index in [4.69, 9.17) is 21.1 Å². The summed E-state index contributed by atoms with van der Waals surface area (Å²) in [5.74, 6) is 0.642. The van der Waals surface area contributed by atoms with Crippen LogP contribution >= 0.6 is 11.6 Å². The maximum Gasteiger partial charge on any atom is 0.317 e. The second-order valence-electron chi connectivity index (χ2n) is 6.48. The van der Waals surface area contributed by atoms with Crippen LogP contribution in [0.4, 0.5) is 0 Å². The molecule has 1 aromatic heterocycles. The lowest BCUT2D eigenvalue weighted by Gasteiger charge is -2.25. The van der Waals surface area contributed by atoms with Crippen LogP contribution in [0.1, 0.15) is 24.0 Å². The molecule has 9 heteroatoms. The average Bonchev–Trinajstić information content (AvgIpc) is 3.08. The molecule has 3 rings (SSSR count). The number of aryl methyl sites for hydroxylation is 2. The maximum absolute atomic E-state index is 13.3. The van der Waals surface area contributed by atoms with Crippen molar-refractivity contribution in [2.45, 2.75) is 37.6 Å². The molecule has 0 amide bonds. The first kappa shape index (κ1) is 19.9. The fourth-order valence-corrected chi connectivity index (χ4v) is 5.63. The van der Waals surface area contributed by atoms with Crippen LogP contribution in [0.15, 0.2) is 29.3 Å². The molecule has 0 aliphatic carbocycles. The van der Waals surface area contributed by atoms with E-state index in [1.54, 1.807) is 39.2 Å². The first-order chi connectivity index (χ1) is 12.8. The van der Waals surface area contributed by atoms with Crippen molar-refractivity contribution in [3.8, 4) is 11.8 Å². The topological polar surface area (TPSA) is 81.6 Å². The van der Waals surface area contributed by atoms with E-state index in [1.165, 1.54) is 10.5 Å². The summed E-state index contributed by atoms with van der Waals surface area (Å²) < 4.78 is 39.0. The average molecular weight is 412 g/mol. The standard InChI is InChI=1S/C18H22ClN3O4S/c1-12-9-15(25-3)10-13(2)17(12)27(23,24)22-8-4-5-14(22)11-26-18-20-7-6-16(19)21-18/h6-7,9-10,14H,4-5,8,11H2,1-3H3. The zero-order valence-electron chi connectivity index (χ0n) is 15.5. The van der Waals surface area contributed by atoms with E-state index in [-0.39, 0.29) is 23.8 Å². The Balaban J connectivity index is 1.83. The minimum absolute atomic E-state index is 0.142.